The van der Waals surface area contributed by atoms with Crippen LogP contribution in [0.15, 0.2) is 40.6 Å². The van der Waals surface area contributed by atoms with E-state index in [-0.39, 0.29) is 22.9 Å². The van der Waals surface area contributed by atoms with Gasteiger partial charge in [-0.3, -0.25) is 4.79 Å². The van der Waals surface area contributed by atoms with Gasteiger partial charge in [0.2, 0.25) is 15.9 Å². The van der Waals surface area contributed by atoms with Gasteiger partial charge in [-0.2, -0.15) is 4.31 Å². The highest BCUT2D eigenvalue weighted by molar-refractivity contribution is 7.89. The molecule has 1 aromatic heterocycles. The van der Waals surface area contributed by atoms with Crippen LogP contribution in [0.2, 0.25) is 0 Å². The number of hydrogen-bond acceptors (Lipinski definition) is 4. The second-order valence-electron chi connectivity index (χ2n) is 6.45. The number of benzene rings is 1. The van der Waals surface area contributed by atoms with Crippen LogP contribution >= 0.6 is 11.3 Å². The summed E-state index contributed by atoms with van der Waals surface area (Å²) in [5.74, 6) is -0.0229. The van der Waals surface area contributed by atoms with Crippen LogP contribution in [0.5, 0.6) is 0 Å². The number of nitrogens with zero attached hydrogens (tertiary/aromatic N) is 2. The molecule has 134 valence electrons. The van der Waals surface area contributed by atoms with Gasteiger partial charge >= 0.3 is 0 Å². The standard InChI is InChI=1S/C18H22N2O3S2/c1-12-10-15-11-16(7-8-17(15)20(12)14(3)21)25(22,23)19(4)13(2)18-6-5-9-24-18/h5-9,11-13H,10H2,1-4H3. The maximum atomic E-state index is 13.0. The average molecular weight is 379 g/mol. The number of rotatable bonds is 4. The van der Waals surface area contributed by atoms with Gasteiger partial charge in [0.15, 0.2) is 0 Å². The number of anilines is 1. The lowest BCUT2D eigenvalue weighted by Gasteiger charge is -2.24. The third-order valence-electron chi connectivity index (χ3n) is 4.78. The lowest BCUT2D eigenvalue weighted by atomic mass is 10.1. The van der Waals surface area contributed by atoms with Crippen molar-refractivity contribution < 1.29 is 13.2 Å². The Morgan fingerprint density at radius 3 is 2.68 bits per heavy atom. The normalized spacial score (nSPS) is 18.4. The summed E-state index contributed by atoms with van der Waals surface area (Å²) in [5, 5.41) is 1.94. The molecule has 0 saturated heterocycles. The molecule has 0 bridgehead atoms. The summed E-state index contributed by atoms with van der Waals surface area (Å²) in [6.45, 7) is 5.39. The lowest BCUT2D eigenvalue weighted by molar-refractivity contribution is -0.116. The molecular weight excluding hydrogens is 356 g/mol. The van der Waals surface area contributed by atoms with E-state index in [0.29, 0.717) is 6.42 Å². The van der Waals surface area contributed by atoms with E-state index in [1.165, 1.54) is 11.2 Å². The molecule has 0 fully saturated rings. The van der Waals surface area contributed by atoms with Crippen LogP contribution in [0.3, 0.4) is 0 Å². The van der Waals surface area contributed by atoms with Gasteiger partial charge in [0.1, 0.15) is 0 Å². The Morgan fingerprint density at radius 2 is 2.08 bits per heavy atom. The largest absolute Gasteiger partial charge is 0.309 e. The summed E-state index contributed by atoms with van der Waals surface area (Å²) in [7, 11) is -2.00. The van der Waals surface area contributed by atoms with Crippen LogP contribution < -0.4 is 4.90 Å². The van der Waals surface area contributed by atoms with Crippen molar-refractivity contribution in [2.75, 3.05) is 11.9 Å². The van der Waals surface area contributed by atoms with Gasteiger partial charge in [-0.1, -0.05) is 6.07 Å². The lowest BCUT2D eigenvalue weighted by Crippen LogP contribution is -2.33. The number of sulfonamides is 1. The van der Waals surface area contributed by atoms with Crippen molar-refractivity contribution in [3.63, 3.8) is 0 Å². The number of carbonyl (C=O) groups excluding carboxylic acids is 1. The molecule has 5 nitrogen and oxygen atoms in total. The fourth-order valence-corrected chi connectivity index (χ4v) is 5.62. The molecule has 1 aliphatic rings. The minimum atomic E-state index is -3.60. The maximum Gasteiger partial charge on any atom is 0.243 e. The fraction of sp³-hybridized carbons (Fsp3) is 0.389. The highest BCUT2D eigenvalue weighted by Gasteiger charge is 2.32. The van der Waals surface area contributed by atoms with Crippen molar-refractivity contribution in [1.29, 1.82) is 0 Å². The minimum absolute atomic E-state index is 0.0229. The molecule has 2 unspecified atom stereocenters. The number of carbonyl (C=O) groups is 1. The van der Waals surface area contributed by atoms with E-state index in [2.05, 4.69) is 0 Å². The van der Waals surface area contributed by atoms with E-state index in [1.54, 1.807) is 41.5 Å². The molecule has 25 heavy (non-hydrogen) atoms. The van der Waals surface area contributed by atoms with Gasteiger partial charge in [0.05, 0.1) is 10.9 Å². The van der Waals surface area contributed by atoms with E-state index in [9.17, 15) is 13.2 Å². The molecule has 1 amide bonds. The quantitative estimate of drug-likeness (QED) is 0.819. The van der Waals surface area contributed by atoms with Crippen molar-refractivity contribution in [3.05, 3.63) is 46.2 Å². The highest BCUT2D eigenvalue weighted by Crippen LogP contribution is 2.35. The molecule has 0 N–H and O–H groups in total. The summed E-state index contributed by atoms with van der Waals surface area (Å²) in [5.41, 5.74) is 1.72. The van der Waals surface area contributed by atoms with Crippen LogP contribution in [0, 0.1) is 0 Å². The molecule has 3 rings (SSSR count). The van der Waals surface area contributed by atoms with Crippen LogP contribution in [0.1, 0.15) is 37.3 Å². The van der Waals surface area contributed by atoms with Crippen LogP contribution in [-0.2, 0) is 21.2 Å². The Morgan fingerprint density at radius 1 is 1.36 bits per heavy atom. The van der Waals surface area contributed by atoms with Crippen molar-refractivity contribution >= 4 is 33.0 Å². The smallest absolute Gasteiger partial charge is 0.243 e. The average Bonchev–Trinajstić information content (AvgIpc) is 3.19. The van der Waals surface area contributed by atoms with Crippen LogP contribution in [0.25, 0.3) is 0 Å². The molecule has 0 saturated carbocycles. The molecule has 1 aromatic carbocycles. The predicted molar refractivity (Wildman–Crippen MR) is 100 cm³/mol. The molecule has 0 radical (unpaired) electrons. The first-order valence-corrected chi connectivity index (χ1v) is 10.5. The van der Waals surface area contributed by atoms with E-state index in [0.717, 1.165) is 16.1 Å². The zero-order valence-electron chi connectivity index (χ0n) is 14.8. The van der Waals surface area contributed by atoms with Crippen molar-refractivity contribution in [2.45, 2.75) is 44.2 Å². The second kappa shape index (κ2) is 6.55. The predicted octanol–water partition coefficient (Wildman–Crippen LogP) is 3.43. The Hall–Kier alpha value is -1.70. The molecule has 2 atom stereocenters. The Kier molecular flexibility index (Phi) is 4.74. The number of thiophene rings is 1. The van der Waals surface area contributed by atoms with Gasteiger partial charge in [0, 0.05) is 30.6 Å². The Bertz CT molecular complexity index is 891. The summed E-state index contributed by atoms with van der Waals surface area (Å²) in [6.07, 6.45) is 0.669. The van der Waals surface area contributed by atoms with E-state index in [4.69, 9.17) is 0 Å². The molecule has 0 aliphatic carbocycles. The van der Waals surface area contributed by atoms with Gasteiger partial charge < -0.3 is 4.90 Å². The fourth-order valence-electron chi connectivity index (χ4n) is 3.33. The van der Waals surface area contributed by atoms with Crippen molar-refractivity contribution in [3.8, 4) is 0 Å². The molecule has 2 heterocycles. The molecule has 1 aliphatic heterocycles. The third-order valence-corrected chi connectivity index (χ3v) is 7.75. The first-order valence-electron chi connectivity index (χ1n) is 8.17. The number of fused-ring (bicyclic) bond motifs is 1. The van der Waals surface area contributed by atoms with Crippen molar-refractivity contribution in [1.82, 2.24) is 4.31 Å². The number of hydrogen-bond donors (Lipinski definition) is 0. The summed E-state index contributed by atoms with van der Waals surface area (Å²) in [6, 6.07) is 8.73. The van der Waals surface area contributed by atoms with Crippen molar-refractivity contribution in [2.24, 2.45) is 0 Å². The van der Waals surface area contributed by atoms with E-state index in [1.807, 2.05) is 31.4 Å². The first-order chi connectivity index (χ1) is 11.7. The van der Waals surface area contributed by atoms with Gasteiger partial charge in [-0.15, -0.1) is 11.3 Å². The minimum Gasteiger partial charge on any atom is -0.309 e. The van der Waals surface area contributed by atoms with E-state index >= 15 is 0 Å². The highest BCUT2D eigenvalue weighted by atomic mass is 32.2. The van der Waals surface area contributed by atoms with Crippen LogP contribution in [0.4, 0.5) is 5.69 Å². The molecular formula is C18H22N2O3S2. The molecule has 7 heteroatoms. The Labute approximate surface area is 152 Å². The SMILES string of the molecule is CC(=O)N1c2ccc(S(=O)(=O)N(C)C(C)c3cccs3)cc2CC1C. The first kappa shape index (κ1) is 18.1. The zero-order chi connectivity index (χ0) is 18.4. The van der Waals surface area contributed by atoms with Crippen LogP contribution in [-0.4, -0.2) is 31.7 Å². The van der Waals surface area contributed by atoms with Gasteiger partial charge in [-0.25, -0.2) is 8.42 Å². The maximum absolute atomic E-state index is 13.0. The second-order valence-corrected chi connectivity index (χ2v) is 9.42. The topological polar surface area (TPSA) is 57.7 Å². The summed E-state index contributed by atoms with van der Waals surface area (Å²) >= 11 is 1.54. The van der Waals surface area contributed by atoms with E-state index < -0.39 is 10.0 Å². The van der Waals surface area contributed by atoms with Gasteiger partial charge in [-0.05, 0) is 55.5 Å². The zero-order valence-corrected chi connectivity index (χ0v) is 16.4. The number of amides is 1. The molecule has 2 aromatic rings. The summed E-state index contributed by atoms with van der Waals surface area (Å²) in [4.78, 5) is 14.8. The summed E-state index contributed by atoms with van der Waals surface area (Å²) < 4.78 is 27.4. The Balaban J connectivity index is 1.94. The monoisotopic (exact) mass is 378 g/mol. The third kappa shape index (κ3) is 3.12. The molecule has 0 spiro atoms. The van der Waals surface area contributed by atoms with Gasteiger partial charge in [0.25, 0.3) is 0 Å².